The van der Waals surface area contributed by atoms with Crippen LogP contribution in [0.4, 0.5) is 10.1 Å². The first-order valence-corrected chi connectivity index (χ1v) is 9.93. The third kappa shape index (κ3) is 4.53. The first kappa shape index (κ1) is 20.9. The monoisotopic (exact) mass is 422 g/mol. The van der Waals surface area contributed by atoms with Gasteiger partial charge in [-0.25, -0.2) is 4.39 Å². The summed E-state index contributed by atoms with van der Waals surface area (Å²) in [6.45, 7) is 3.24. The van der Waals surface area contributed by atoms with E-state index in [1.165, 1.54) is 24.4 Å². The molecule has 2 heterocycles. The maximum atomic E-state index is 14.1. The fraction of sp³-hybridized carbons (Fsp3) is 0.227. The number of fused-ring (bicyclic) bond motifs is 1. The van der Waals surface area contributed by atoms with Crippen LogP contribution in [0.1, 0.15) is 17.4 Å². The van der Waals surface area contributed by atoms with Crippen molar-refractivity contribution in [1.82, 2.24) is 15.2 Å². The van der Waals surface area contributed by atoms with Gasteiger partial charge < -0.3 is 21.2 Å². The summed E-state index contributed by atoms with van der Waals surface area (Å²) >= 11 is 0. The molecule has 1 aromatic heterocycles. The number of nitrogens with zero attached hydrogens (tertiary/aromatic N) is 3. The lowest BCUT2D eigenvalue weighted by Gasteiger charge is -2.31. The van der Waals surface area contributed by atoms with Gasteiger partial charge in [0.2, 0.25) is 0 Å². The van der Waals surface area contributed by atoms with E-state index < -0.39 is 17.6 Å². The van der Waals surface area contributed by atoms with Crippen LogP contribution in [0.25, 0.3) is 10.9 Å². The second-order valence-electron chi connectivity index (χ2n) is 7.24. The number of nitrogens with two attached hydrogens (primary N) is 1. The third-order valence-electron chi connectivity index (χ3n) is 5.27. The number of rotatable bonds is 5. The van der Waals surface area contributed by atoms with Gasteiger partial charge in [-0.2, -0.15) is 5.10 Å². The lowest BCUT2D eigenvalue weighted by Crippen LogP contribution is -2.45. The van der Waals surface area contributed by atoms with E-state index in [0.29, 0.717) is 11.2 Å². The van der Waals surface area contributed by atoms with Gasteiger partial charge in [-0.05, 0) is 35.9 Å². The fourth-order valence-corrected chi connectivity index (χ4v) is 3.56. The van der Waals surface area contributed by atoms with E-state index in [1.807, 2.05) is 4.90 Å². The molecule has 8 nitrogen and oxygen atoms in total. The van der Waals surface area contributed by atoms with E-state index >= 15 is 0 Å². The van der Waals surface area contributed by atoms with Gasteiger partial charge in [-0.3, -0.25) is 14.7 Å². The van der Waals surface area contributed by atoms with E-state index in [2.05, 4.69) is 20.4 Å². The molecule has 9 heteroatoms. The molecule has 0 radical (unpaired) electrons. The van der Waals surface area contributed by atoms with Crippen LogP contribution in [0.3, 0.4) is 0 Å². The highest BCUT2D eigenvalue weighted by atomic mass is 19.1. The van der Waals surface area contributed by atoms with Crippen molar-refractivity contribution >= 4 is 28.5 Å². The van der Waals surface area contributed by atoms with Crippen LogP contribution in [0.5, 0.6) is 0 Å². The average Bonchev–Trinajstić information content (AvgIpc) is 2.80. The van der Waals surface area contributed by atoms with Crippen LogP contribution >= 0.6 is 0 Å². The molecule has 1 atom stereocenters. The molecule has 3 aromatic rings. The van der Waals surface area contributed by atoms with E-state index in [-0.39, 0.29) is 16.7 Å². The molecule has 5 N–H and O–H groups in total. The Labute approximate surface area is 177 Å². The zero-order valence-electron chi connectivity index (χ0n) is 16.8. The molecule has 4 rings (SSSR count). The summed E-state index contributed by atoms with van der Waals surface area (Å²) in [5, 5.41) is 17.7. The highest BCUT2D eigenvalue weighted by Crippen LogP contribution is 2.21. The second kappa shape index (κ2) is 9.17. The molecule has 0 amide bonds. The Morgan fingerprint density at radius 2 is 1.94 bits per heavy atom. The quantitative estimate of drug-likeness (QED) is 0.283. The number of hydrogen-bond donors (Lipinski definition) is 4. The van der Waals surface area contributed by atoms with E-state index in [9.17, 15) is 14.3 Å². The van der Waals surface area contributed by atoms with Crippen LogP contribution in [-0.4, -0.2) is 53.1 Å². The van der Waals surface area contributed by atoms with Crippen molar-refractivity contribution in [3.05, 3.63) is 75.8 Å². The summed E-state index contributed by atoms with van der Waals surface area (Å²) in [7, 11) is 0. The third-order valence-corrected chi connectivity index (χ3v) is 5.27. The Balaban J connectivity index is 1.54. The molecule has 31 heavy (non-hydrogen) atoms. The maximum absolute atomic E-state index is 14.1. The molecule has 160 valence electrons. The summed E-state index contributed by atoms with van der Waals surface area (Å²) in [4.78, 5) is 21.4. The average molecular weight is 422 g/mol. The van der Waals surface area contributed by atoms with Crippen LogP contribution in [0.15, 0.2) is 63.4 Å². The molecule has 1 unspecified atom stereocenters. The highest BCUT2D eigenvalue weighted by molar-refractivity contribution is 6.38. The minimum absolute atomic E-state index is 0.120. The normalized spacial score (nSPS) is 16.8. The predicted molar refractivity (Wildman–Crippen MR) is 119 cm³/mol. The van der Waals surface area contributed by atoms with Gasteiger partial charge in [0.25, 0.3) is 5.56 Å². The number of aliphatic imine (C=N–C) groups is 1. The van der Waals surface area contributed by atoms with Crippen molar-refractivity contribution in [3.8, 4) is 0 Å². The Morgan fingerprint density at radius 1 is 1.19 bits per heavy atom. The van der Waals surface area contributed by atoms with Crippen LogP contribution in [0.2, 0.25) is 0 Å². The molecule has 1 aliphatic rings. The minimum Gasteiger partial charge on any atom is -0.374 e. The van der Waals surface area contributed by atoms with Gasteiger partial charge in [0.15, 0.2) is 0 Å². The number of hydrazone groups is 1. The van der Waals surface area contributed by atoms with Gasteiger partial charge in [-0.1, -0.05) is 18.2 Å². The Kier molecular flexibility index (Phi) is 6.17. The lowest BCUT2D eigenvalue weighted by atomic mass is 10.1. The van der Waals surface area contributed by atoms with Gasteiger partial charge in [0, 0.05) is 31.6 Å². The molecular weight excluding hydrogens is 399 g/mol. The number of aliphatic hydroxyl groups is 1. The number of nitrogens with one attached hydrogen (secondary N) is 2. The molecule has 2 aromatic carbocycles. The van der Waals surface area contributed by atoms with Crippen LogP contribution in [-0.2, 0) is 0 Å². The number of hydrogen-bond acceptors (Lipinski definition) is 7. The molecule has 1 fully saturated rings. The zero-order chi connectivity index (χ0) is 21.8. The number of benzene rings is 2. The fourth-order valence-electron chi connectivity index (χ4n) is 3.56. The standard InChI is InChI=1S/C22H23FN6O2/c23-18-2-1-3-19-16(18)12-17(21(30)27-19)20(28-24)13-26-15-6-4-14(5-7-15)22(31)29-10-8-25-9-11-29/h1-7,12-13,22,25,31H,8-11,24H2,(H,27,30). The Hall–Kier alpha value is -3.40. The van der Waals surface area contributed by atoms with Gasteiger partial charge >= 0.3 is 0 Å². The minimum atomic E-state index is -0.674. The Morgan fingerprint density at radius 3 is 2.65 bits per heavy atom. The number of H-pyrrole nitrogens is 1. The summed E-state index contributed by atoms with van der Waals surface area (Å²) < 4.78 is 14.1. The number of pyridine rings is 1. The molecule has 0 aliphatic carbocycles. The largest absolute Gasteiger partial charge is 0.374 e. The van der Waals surface area contributed by atoms with Crippen molar-refractivity contribution in [1.29, 1.82) is 0 Å². The zero-order valence-corrected chi connectivity index (χ0v) is 16.8. The van der Waals surface area contributed by atoms with Crippen LogP contribution in [0, 0.1) is 5.82 Å². The first-order valence-electron chi connectivity index (χ1n) is 9.93. The molecule has 0 saturated carbocycles. The summed E-state index contributed by atoms with van der Waals surface area (Å²) in [5.74, 6) is 5.02. The second-order valence-corrected chi connectivity index (χ2v) is 7.24. The SMILES string of the molecule is NN=C(C=Nc1ccc(C(O)N2CCNCC2)cc1)c1cc2c(F)cccc2[nH]c1=O. The van der Waals surface area contributed by atoms with Crippen molar-refractivity contribution in [2.75, 3.05) is 26.2 Å². The first-order chi connectivity index (χ1) is 15.1. The number of aliphatic hydroxyl groups excluding tert-OH is 1. The van der Waals surface area contributed by atoms with E-state index in [0.717, 1.165) is 31.7 Å². The van der Waals surface area contributed by atoms with Crippen LogP contribution < -0.4 is 16.7 Å². The molecule has 0 bridgehead atoms. The highest BCUT2D eigenvalue weighted by Gasteiger charge is 2.19. The predicted octanol–water partition coefficient (Wildman–Crippen LogP) is 1.63. The molecular formula is C22H23FN6O2. The van der Waals surface area contributed by atoms with Gasteiger partial charge in [0.1, 0.15) is 17.8 Å². The van der Waals surface area contributed by atoms with Gasteiger partial charge in [0.05, 0.1) is 23.0 Å². The number of halogens is 1. The van der Waals surface area contributed by atoms with Gasteiger partial charge in [-0.15, -0.1) is 0 Å². The van der Waals surface area contributed by atoms with Crippen molar-refractivity contribution in [2.45, 2.75) is 6.23 Å². The lowest BCUT2D eigenvalue weighted by molar-refractivity contribution is -0.00544. The van der Waals surface area contributed by atoms with E-state index in [1.54, 1.807) is 30.3 Å². The van der Waals surface area contributed by atoms with E-state index in [4.69, 9.17) is 5.84 Å². The maximum Gasteiger partial charge on any atom is 0.258 e. The number of piperazine rings is 1. The van der Waals surface area contributed by atoms with Crippen molar-refractivity contribution in [3.63, 3.8) is 0 Å². The summed E-state index contributed by atoms with van der Waals surface area (Å²) in [6.07, 6.45) is 0.686. The smallest absolute Gasteiger partial charge is 0.258 e. The number of aromatic amines is 1. The topological polar surface area (TPSA) is 119 Å². The van der Waals surface area contributed by atoms with Crippen molar-refractivity contribution < 1.29 is 9.50 Å². The molecule has 1 saturated heterocycles. The Bertz CT molecular complexity index is 1180. The molecule has 0 spiro atoms. The number of aromatic nitrogens is 1. The molecule has 1 aliphatic heterocycles. The summed E-state index contributed by atoms with van der Waals surface area (Å²) in [5.41, 5.74) is 1.56. The van der Waals surface area contributed by atoms with Crippen molar-refractivity contribution in [2.24, 2.45) is 15.9 Å². The summed E-state index contributed by atoms with van der Waals surface area (Å²) in [6, 6.07) is 13.0.